The fraction of sp³-hybridized carbons (Fsp3) is 0.619. The molecule has 27 heavy (non-hydrogen) atoms. The number of likely N-dealkylation sites (tertiary alicyclic amines) is 1. The second-order valence-electron chi connectivity index (χ2n) is 8.99. The third-order valence-electron chi connectivity index (χ3n) is 4.13. The lowest BCUT2D eigenvalue weighted by Crippen LogP contribution is -2.55. The van der Waals surface area contributed by atoms with Gasteiger partial charge in [0.05, 0.1) is 12.1 Å². The minimum absolute atomic E-state index is 0.123. The molecule has 0 aromatic heterocycles. The molecule has 1 heterocycles. The van der Waals surface area contributed by atoms with Gasteiger partial charge in [0, 0.05) is 6.42 Å². The molecular weight excluding hydrogens is 346 g/mol. The molecule has 1 fully saturated rings. The number of ether oxygens (including phenoxy) is 2. The van der Waals surface area contributed by atoms with Crippen LogP contribution in [0.4, 0.5) is 4.79 Å². The van der Waals surface area contributed by atoms with Gasteiger partial charge in [-0.15, -0.1) is 0 Å². The average Bonchev–Trinajstić information content (AvgIpc) is 2.51. The van der Waals surface area contributed by atoms with Crippen LogP contribution in [0.3, 0.4) is 0 Å². The number of carbonyl (C=O) groups is 2. The lowest BCUT2D eigenvalue weighted by Gasteiger charge is -2.43. The van der Waals surface area contributed by atoms with E-state index in [1.807, 2.05) is 30.3 Å². The number of rotatable bonds is 2. The lowest BCUT2D eigenvalue weighted by atomic mass is 9.89. The van der Waals surface area contributed by atoms with Crippen molar-refractivity contribution in [2.75, 3.05) is 0 Å². The molecule has 1 aliphatic heterocycles. The molecule has 0 saturated carbocycles. The monoisotopic (exact) mass is 377 g/mol. The summed E-state index contributed by atoms with van der Waals surface area (Å²) in [6, 6.07) is 8.00. The third-order valence-corrected chi connectivity index (χ3v) is 4.13. The quantitative estimate of drug-likeness (QED) is 0.793. The van der Waals surface area contributed by atoms with Crippen LogP contribution in [-0.4, -0.2) is 45.4 Å². The van der Waals surface area contributed by atoms with Crippen molar-refractivity contribution in [1.29, 1.82) is 0 Å². The number of carbonyl (C=O) groups excluding carboxylic acids is 2. The summed E-state index contributed by atoms with van der Waals surface area (Å²) in [6.07, 6.45) is -0.842. The Morgan fingerprint density at radius 3 is 2.04 bits per heavy atom. The zero-order valence-electron chi connectivity index (χ0n) is 17.1. The van der Waals surface area contributed by atoms with E-state index in [0.29, 0.717) is 6.42 Å². The Labute approximate surface area is 161 Å². The van der Waals surface area contributed by atoms with Crippen molar-refractivity contribution < 1.29 is 24.2 Å². The first-order valence-electron chi connectivity index (χ1n) is 9.34. The Morgan fingerprint density at radius 2 is 1.52 bits per heavy atom. The van der Waals surface area contributed by atoms with E-state index in [1.165, 1.54) is 4.90 Å². The molecule has 1 aromatic rings. The topological polar surface area (TPSA) is 76.1 Å². The summed E-state index contributed by atoms with van der Waals surface area (Å²) in [5.74, 6) is -0.534. The first-order valence-corrected chi connectivity index (χ1v) is 9.34. The molecular formula is C21H31NO5. The molecule has 0 unspecified atom stereocenters. The van der Waals surface area contributed by atoms with Gasteiger partial charge in [0.2, 0.25) is 0 Å². The summed E-state index contributed by atoms with van der Waals surface area (Å²) in [5.41, 5.74) is -0.551. The number of aliphatic hydroxyl groups is 1. The van der Waals surface area contributed by atoms with Gasteiger partial charge < -0.3 is 14.6 Å². The second-order valence-corrected chi connectivity index (χ2v) is 8.99. The van der Waals surface area contributed by atoms with Crippen molar-refractivity contribution in [3.05, 3.63) is 35.9 Å². The SMILES string of the molecule is CC(C)(C)OC(=O)[C@@H]1C[C@@H](O)C[C@H](c2ccccc2)N1C(=O)OC(C)(C)C. The van der Waals surface area contributed by atoms with Crippen LogP contribution in [0, 0.1) is 0 Å². The summed E-state index contributed by atoms with van der Waals surface area (Å²) >= 11 is 0. The maximum Gasteiger partial charge on any atom is 0.411 e. The number of esters is 1. The average molecular weight is 377 g/mol. The van der Waals surface area contributed by atoms with Gasteiger partial charge in [0.25, 0.3) is 0 Å². The van der Waals surface area contributed by atoms with Crippen LogP contribution in [0.2, 0.25) is 0 Å². The molecule has 0 spiro atoms. The maximum absolute atomic E-state index is 13.0. The van der Waals surface area contributed by atoms with Gasteiger partial charge in [-0.3, -0.25) is 4.90 Å². The van der Waals surface area contributed by atoms with Crippen molar-refractivity contribution in [3.8, 4) is 0 Å². The van der Waals surface area contributed by atoms with Crippen LogP contribution in [0.5, 0.6) is 0 Å². The number of hydrogen-bond acceptors (Lipinski definition) is 5. The smallest absolute Gasteiger partial charge is 0.411 e. The minimum Gasteiger partial charge on any atom is -0.458 e. The normalized spacial score (nSPS) is 23.7. The largest absolute Gasteiger partial charge is 0.458 e. The lowest BCUT2D eigenvalue weighted by molar-refractivity contribution is -0.166. The van der Waals surface area contributed by atoms with E-state index in [1.54, 1.807) is 41.5 Å². The third kappa shape index (κ3) is 5.96. The van der Waals surface area contributed by atoms with Crippen molar-refractivity contribution in [2.45, 2.75) is 83.8 Å². The van der Waals surface area contributed by atoms with Crippen LogP contribution < -0.4 is 0 Å². The van der Waals surface area contributed by atoms with Gasteiger partial charge in [0.1, 0.15) is 17.2 Å². The standard InChI is InChI=1S/C21H31NO5/c1-20(2,3)26-18(24)17-13-15(23)12-16(14-10-8-7-9-11-14)22(17)19(25)27-21(4,5)6/h7-11,15-17,23H,12-13H2,1-6H3/t15-,16+,17-/m0/s1. The molecule has 3 atom stereocenters. The Kier molecular flexibility index (Phi) is 6.20. The van der Waals surface area contributed by atoms with E-state index in [0.717, 1.165) is 5.56 Å². The molecule has 6 heteroatoms. The Morgan fingerprint density at radius 1 is 0.963 bits per heavy atom. The first-order chi connectivity index (χ1) is 12.4. The van der Waals surface area contributed by atoms with Crippen LogP contribution in [0.1, 0.15) is 66.0 Å². The van der Waals surface area contributed by atoms with E-state index < -0.39 is 41.5 Å². The highest BCUT2D eigenvalue weighted by Crippen LogP contribution is 2.36. The predicted octanol–water partition coefficient (Wildman–Crippen LogP) is 3.83. The number of nitrogens with zero attached hydrogens (tertiary/aromatic N) is 1. The molecule has 1 aromatic carbocycles. The van der Waals surface area contributed by atoms with E-state index in [-0.39, 0.29) is 6.42 Å². The van der Waals surface area contributed by atoms with Crippen molar-refractivity contribution >= 4 is 12.1 Å². The molecule has 1 saturated heterocycles. The van der Waals surface area contributed by atoms with Gasteiger partial charge >= 0.3 is 12.1 Å². The summed E-state index contributed by atoms with van der Waals surface area (Å²) in [5, 5.41) is 10.4. The van der Waals surface area contributed by atoms with E-state index in [2.05, 4.69) is 0 Å². The first kappa shape index (κ1) is 21.2. The van der Waals surface area contributed by atoms with Crippen LogP contribution in [-0.2, 0) is 14.3 Å². The second kappa shape index (κ2) is 7.89. The fourth-order valence-corrected chi connectivity index (χ4v) is 3.18. The Hall–Kier alpha value is -2.08. The van der Waals surface area contributed by atoms with E-state index in [4.69, 9.17) is 9.47 Å². The van der Waals surface area contributed by atoms with Crippen molar-refractivity contribution in [2.24, 2.45) is 0 Å². The zero-order valence-corrected chi connectivity index (χ0v) is 17.1. The molecule has 6 nitrogen and oxygen atoms in total. The molecule has 1 aliphatic rings. The molecule has 2 rings (SSSR count). The van der Waals surface area contributed by atoms with Gasteiger partial charge in [-0.05, 0) is 53.5 Å². The molecule has 1 amide bonds. The number of aliphatic hydroxyl groups excluding tert-OH is 1. The van der Waals surface area contributed by atoms with Crippen LogP contribution >= 0.6 is 0 Å². The summed E-state index contributed by atoms with van der Waals surface area (Å²) in [6.45, 7) is 10.7. The minimum atomic E-state index is -0.909. The highest BCUT2D eigenvalue weighted by molar-refractivity contribution is 5.82. The van der Waals surface area contributed by atoms with Crippen LogP contribution in [0.15, 0.2) is 30.3 Å². The summed E-state index contributed by atoms with van der Waals surface area (Å²) in [7, 11) is 0. The predicted molar refractivity (Wildman–Crippen MR) is 102 cm³/mol. The molecule has 0 bridgehead atoms. The molecule has 0 aliphatic carbocycles. The van der Waals surface area contributed by atoms with Gasteiger partial charge in [-0.1, -0.05) is 30.3 Å². The highest BCUT2D eigenvalue weighted by atomic mass is 16.6. The van der Waals surface area contributed by atoms with Gasteiger partial charge in [0.15, 0.2) is 0 Å². The van der Waals surface area contributed by atoms with E-state index in [9.17, 15) is 14.7 Å². The van der Waals surface area contributed by atoms with Crippen molar-refractivity contribution in [1.82, 2.24) is 4.90 Å². The summed E-state index contributed by atoms with van der Waals surface area (Å²) in [4.78, 5) is 27.3. The zero-order chi connectivity index (χ0) is 20.4. The Bertz CT molecular complexity index is 659. The summed E-state index contributed by atoms with van der Waals surface area (Å²) < 4.78 is 11.1. The maximum atomic E-state index is 13.0. The number of amides is 1. The highest BCUT2D eigenvalue weighted by Gasteiger charge is 2.45. The van der Waals surface area contributed by atoms with Crippen LogP contribution in [0.25, 0.3) is 0 Å². The number of hydrogen-bond donors (Lipinski definition) is 1. The molecule has 1 N–H and O–H groups in total. The number of benzene rings is 1. The fourth-order valence-electron chi connectivity index (χ4n) is 3.18. The van der Waals surface area contributed by atoms with Crippen molar-refractivity contribution in [3.63, 3.8) is 0 Å². The van der Waals surface area contributed by atoms with Gasteiger partial charge in [-0.2, -0.15) is 0 Å². The molecule has 0 radical (unpaired) electrons. The number of piperidine rings is 1. The molecule has 150 valence electrons. The Balaban J connectivity index is 2.42. The van der Waals surface area contributed by atoms with E-state index >= 15 is 0 Å². The van der Waals surface area contributed by atoms with Gasteiger partial charge in [-0.25, -0.2) is 9.59 Å².